The summed E-state index contributed by atoms with van der Waals surface area (Å²) in [5.41, 5.74) is 2.89. The number of hydrogen-bond donors (Lipinski definition) is 0. The van der Waals surface area contributed by atoms with Crippen LogP contribution >= 0.6 is 0 Å². The molecule has 0 bridgehead atoms. The van der Waals surface area contributed by atoms with Crippen molar-refractivity contribution in [2.24, 2.45) is 0 Å². The molecular formula is C21H14N2O2. The lowest BCUT2D eigenvalue weighted by atomic mass is 10.1. The Kier molecular flexibility index (Phi) is 3.72. The van der Waals surface area contributed by atoms with Crippen LogP contribution in [0.5, 0.6) is 0 Å². The molecule has 4 nitrogen and oxygen atoms in total. The molecule has 0 atom stereocenters. The minimum Gasteiger partial charge on any atom is -0.461 e. The molecule has 4 aromatic rings. The molecule has 0 aliphatic heterocycles. The summed E-state index contributed by atoms with van der Waals surface area (Å²) in [6.45, 7) is 0. The molecule has 0 aliphatic rings. The summed E-state index contributed by atoms with van der Waals surface area (Å²) in [5.74, 6) is 1.82. The Hall–Kier alpha value is -3.50. The molecule has 0 radical (unpaired) electrons. The number of fused-ring (bicyclic) bond motifs is 2. The van der Waals surface area contributed by atoms with Gasteiger partial charge in [0, 0.05) is 23.6 Å². The summed E-state index contributed by atoms with van der Waals surface area (Å²) in [6.07, 6.45) is 2.50. The zero-order chi connectivity index (χ0) is 17.2. The zero-order valence-electron chi connectivity index (χ0n) is 13.5. The number of benzene rings is 2. The number of nitriles is 2. The predicted molar refractivity (Wildman–Crippen MR) is 93.9 cm³/mol. The first-order chi connectivity index (χ1) is 12.2. The summed E-state index contributed by atoms with van der Waals surface area (Å²) in [4.78, 5) is 0. The van der Waals surface area contributed by atoms with Crippen LogP contribution in [-0.2, 0) is 12.8 Å². The lowest BCUT2D eigenvalue weighted by Crippen LogP contribution is -1.86. The first-order valence-electron chi connectivity index (χ1n) is 8.10. The van der Waals surface area contributed by atoms with Gasteiger partial charge in [-0.05, 0) is 55.0 Å². The standard InChI is InChI=1S/C21H14N2O2/c22-12-14-4-6-20-16(8-14)10-18(24-20)2-1-3-19-11-17-9-15(13-23)5-7-21(17)25-19/h4-11H,1-3H2. The second kappa shape index (κ2) is 6.19. The maximum atomic E-state index is 8.96. The van der Waals surface area contributed by atoms with E-state index in [1.165, 1.54) is 0 Å². The molecular weight excluding hydrogens is 312 g/mol. The topological polar surface area (TPSA) is 73.9 Å². The van der Waals surface area contributed by atoms with Crippen LogP contribution in [0.15, 0.2) is 57.4 Å². The lowest BCUT2D eigenvalue weighted by Gasteiger charge is -1.95. The number of aryl methyl sites for hydroxylation is 2. The quantitative estimate of drug-likeness (QED) is 0.523. The molecule has 2 heterocycles. The molecule has 0 N–H and O–H groups in total. The van der Waals surface area contributed by atoms with Gasteiger partial charge in [-0.1, -0.05) is 0 Å². The lowest BCUT2D eigenvalue weighted by molar-refractivity contribution is 0.510. The molecule has 0 spiro atoms. The minimum atomic E-state index is 0.638. The van der Waals surface area contributed by atoms with Crippen LogP contribution in [0.3, 0.4) is 0 Å². The molecule has 0 saturated heterocycles. The molecule has 0 aliphatic carbocycles. The van der Waals surface area contributed by atoms with Crippen LogP contribution in [-0.4, -0.2) is 0 Å². The van der Waals surface area contributed by atoms with Gasteiger partial charge in [-0.3, -0.25) is 0 Å². The van der Waals surface area contributed by atoms with Crippen LogP contribution in [0, 0.1) is 22.7 Å². The van der Waals surface area contributed by atoms with Crippen molar-refractivity contribution < 1.29 is 8.83 Å². The Bertz CT molecular complexity index is 1060. The molecule has 2 aromatic carbocycles. The minimum absolute atomic E-state index is 0.638. The maximum absolute atomic E-state index is 8.96. The monoisotopic (exact) mass is 326 g/mol. The second-order valence-corrected chi connectivity index (χ2v) is 6.01. The normalized spacial score (nSPS) is 10.8. The molecule has 0 fully saturated rings. The van der Waals surface area contributed by atoms with E-state index in [4.69, 9.17) is 19.4 Å². The van der Waals surface area contributed by atoms with E-state index in [0.29, 0.717) is 11.1 Å². The van der Waals surface area contributed by atoms with E-state index in [1.807, 2.05) is 36.4 Å². The SMILES string of the molecule is N#Cc1ccc2oc(CCCc3cc4cc(C#N)ccc4o3)cc2c1. The summed E-state index contributed by atoms with van der Waals surface area (Å²) >= 11 is 0. The van der Waals surface area contributed by atoms with E-state index in [0.717, 1.165) is 52.7 Å². The highest BCUT2D eigenvalue weighted by Gasteiger charge is 2.08. The first-order valence-corrected chi connectivity index (χ1v) is 8.10. The third-order valence-corrected chi connectivity index (χ3v) is 4.24. The van der Waals surface area contributed by atoms with Gasteiger partial charge in [0.05, 0.1) is 23.3 Å². The molecule has 0 unspecified atom stereocenters. The highest BCUT2D eigenvalue weighted by atomic mass is 16.3. The van der Waals surface area contributed by atoms with Crippen molar-refractivity contribution >= 4 is 21.9 Å². The van der Waals surface area contributed by atoms with Crippen LogP contribution < -0.4 is 0 Å². The van der Waals surface area contributed by atoms with E-state index in [2.05, 4.69) is 12.1 Å². The van der Waals surface area contributed by atoms with E-state index < -0.39 is 0 Å². The van der Waals surface area contributed by atoms with E-state index in [-0.39, 0.29) is 0 Å². The van der Waals surface area contributed by atoms with Crippen molar-refractivity contribution in [3.63, 3.8) is 0 Å². The van der Waals surface area contributed by atoms with E-state index in [9.17, 15) is 0 Å². The van der Waals surface area contributed by atoms with Gasteiger partial charge < -0.3 is 8.83 Å². The van der Waals surface area contributed by atoms with Crippen molar-refractivity contribution in [2.75, 3.05) is 0 Å². The van der Waals surface area contributed by atoms with Gasteiger partial charge in [-0.15, -0.1) is 0 Å². The Morgan fingerprint density at radius 3 is 1.60 bits per heavy atom. The number of furan rings is 2. The third-order valence-electron chi connectivity index (χ3n) is 4.24. The summed E-state index contributed by atoms with van der Waals surface area (Å²) in [7, 11) is 0. The van der Waals surface area contributed by atoms with Gasteiger partial charge >= 0.3 is 0 Å². The molecule has 25 heavy (non-hydrogen) atoms. The fraction of sp³-hybridized carbons (Fsp3) is 0.143. The second-order valence-electron chi connectivity index (χ2n) is 6.01. The highest BCUT2D eigenvalue weighted by molar-refractivity contribution is 5.80. The van der Waals surface area contributed by atoms with Gasteiger partial charge in [0.2, 0.25) is 0 Å². The molecule has 4 rings (SSSR count). The summed E-state index contributed by atoms with van der Waals surface area (Å²) in [6, 6.07) is 19.2. The van der Waals surface area contributed by atoms with Crippen molar-refractivity contribution in [1.82, 2.24) is 0 Å². The fourth-order valence-electron chi connectivity index (χ4n) is 3.02. The fourth-order valence-corrected chi connectivity index (χ4v) is 3.02. The van der Waals surface area contributed by atoms with Crippen molar-refractivity contribution in [3.8, 4) is 12.1 Å². The Morgan fingerprint density at radius 2 is 1.16 bits per heavy atom. The smallest absolute Gasteiger partial charge is 0.134 e. The molecule has 0 amide bonds. The highest BCUT2D eigenvalue weighted by Crippen LogP contribution is 2.24. The van der Waals surface area contributed by atoms with Gasteiger partial charge in [-0.25, -0.2) is 0 Å². The van der Waals surface area contributed by atoms with Gasteiger partial charge in [0.1, 0.15) is 22.7 Å². The van der Waals surface area contributed by atoms with Crippen LogP contribution in [0.1, 0.15) is 29.1 Å². The predicted octanol–water partition coefficient (Wildman–Crippen LogP) is 5.10. The summed E-state index contributed by atoms with van der Waals surface area (Å²) in [5, 5.41) is 19.8. The zero-order valence-corrected chi connectivity index (χ0v) is 13.5. The summed E-state index contributed by atoms with van der Waals surface area (Å²) < 4.78 is 11.6. The van der Waals surface area contributed by atoms with Crippen molar-refractivity contribution in [2.45, 2.75) is 19.3 Å². The molecule has 120 valence electrons. The Labute approximate surface area is 144 Å². The average Bonchev–Trinajstić information content (AvgIpc) is 3.23. The number of nitrogens with zero attached hydrogens (tertiary/aromatic N) is 2. The van der Waals surface area contributed by atoms with Crippen LogP contribution in [0.4, 0.5) is 0 Å². The Balaban J connectivity index is 1.45. The van der Waals surface area contributed by atoms with Crippen molar-refractivity contribution in [3.05, 3.63) is 71.2 Å². The molecule has 0 saturated carbocycles. The maximum Gasteiger partial charge on any atom is 0.134 e. The van der Waals surface area contributed by atoms with Crippen LogP contribution in [0.2, 0.25) is 0 Å². The van der Waals surface area contributed by atoms with E-state index in [1.54, 1.807) is 12.1 Å². The average molecular weight is 326 g/mol. The largest absolute Gasteiger partial charge is 0.461 e. The van der Waals surface area contributed by atoms with Gasteiger partial charge in [0.15, 0.2) is 0 Å². The van der Waals surface area contributed by atoms with Crippen molar-refractivity contribution in [1.29, 1.82) is 10.5 Å². The third kappa shape index (κ3) is 2.98. The number of rotatable bonds is 4. The molecule has 4 heteroatoms. The Morgan fingerprint density at radius 1 is 0.680 bits per heavy atom. The van der Waals surface area contributed by atoms with E-state index >= 15 is 0 Å². The van der Waals surface area contributed by atoms with Crippen LogP contribution in [0.25, 0.3) is 21.9 Å². The number of hydrogen-bond acceptors (Lipinski definition) is 4. The van der Waals surface area contributed by atoms with Gasteiger partial charge in [-0.2, -0.15) is 10.5 Å². The molecule has 2 aromatic heterocycles. The first kappa shape index (κ1) is 15.1. The van der Waals surface area contributed by atoms with Gasteiger partial charge in [0.25, 0.3) is 0 Å².